The molecule has 1 saturated carbocycles. The average Bonchev–Trinajstić information content (AvgIpc) is 3.29. The number of nitrogens with one attached hydrogen (secondary N) is 1. The highest BCUT2D eigenvalue weighted by Gasteiger charge is 2.51. The summed E-state index contributed by atoms with van der Waals surface area (Å²) in [6, 6.07) is 10.3. The molecular weight excluding hydrogens is 272 g/mol. The average molecular weight is 294 g/mol. The van der Waals surface area contributed by atoms with Gasteiger partial charge in [0.1, 0.15) is 0 Å². The second kappa shape index (κ2) is 5.56. The summed E-state index contributed by atoms with van der Waals surface area (Å²) in [4.78, 5) is 16.8. The number of pyridine rings is 1. The minimum Gasteiger partial charge on any atom is -0.349 e. The highest BCUT2D eigenvalue weighted by molar-refractivity contribution is 5.91. The highest BCUT2D eigenvalue weighted by Crippen LogP contribution is 2.49. The first kappa shape index (κ1) is 14.8. The molecular formula is C19H22N2O. The summed E-state index contributed by atoms with van der Waals surface area (Å²) in [6.07, 6.45) is 5.39. The molecule has 1 amide bonds. The van der Waals surface area contributed by atoms with Gasteiger partial charge in [-0.05, 0) is 56.9 Å². The molecule has 0 unspecified atom stereocenters. The molecule has 1 aromatic carbocycles. The van der Waals surface area contributed by atoms with Crippen molar-refractivity contribution in [2.45, 2.75) is 45.1 Å². The van der Waals surface area contributed by atoms with Crippen molar-refractivity contribution in [3.8, 4) is 0 Å². The lowest BCUT2D eigenvalue weighted by atomic mass is 9.91. The number of hydrogen-bond donors (Lipinski definition) is 1. The molecule has 0 bridgehead atoms. The normalized spacial score (nSPS) is 16.9. The van der Waals surface area contributed by atoms with E-state index in [4.69, 9.17) is 0 Å². The molecule has 3 nitrogen and oxygen atoms in total. The van der Waals surface area contributed by atoms with Crippen molar-refractivity contribution < 1.29 is 4.79 Å². The van der Waals surface area contributed by atoms with E-state index in [0.717, 1.165) is 24.0 Å². The Kier molecular flexibility index (Phi) is 3.73. The topological polar surface area (TPSA) is 42.0 Å². The lowest BCUT2D eigenvalue weighted by Gasteiger charge is -2.21. The Balaban J connectivity index is 1.80. The van der Waals surface area contributed by atoms with Crippen LogP contribution in [0.4, 0.5) is 0 Å². The van der Waals surface area contributed by atoms with Crippen LogP contribution in [-0.4, -0.2) is 10.9 Å². The van der Waals surface area contributed by atoms with Crippen LogP contribution in [0, 0.1) is 13.8 Å². The molecule has 1 fully saturated rings. The van der Waals surface area contributed by atoms with Gasteiger partial charge >= 0.3 is 0 Å². The molecule has 1 N–H and O–H groups in total. The first-order valence-corrected chi connectivity index (χ1v) is 7.81. The summed E-state index contributed by atoms with van der Waals surface area (Å²) in [5.41, 5.74) is 4.36. The molecule has 114 valence electrons. The number of carbonyl (C=O) groups excluding carboxylic acids is 1. The zero-order valence-electron chi connectivity index (χ0n) is 13.4. The van der Waals surface area contributed by atoms with Crippen LogP contribution in [-0.2, 0) is 10.2 Å². The van der Waals surface area contributed by atoms with Gasteiger partial charge in [-0.15, -0.1) is 0 Å². The lowest BCUT2D eigenvalue weighted by Crippen LogP contribution is -2.36. The maximum absolute atomic E-state index is 12.8. The zero-order chi connectivity index (χ0) is 15.7. The molecule has 1 heterocycles. The molecule has 0 spiro atoms. The maximum atomic E-state index is 12.8. The lowest BCUT2D eigenvalue weighted by molar-refractivity contribution is -0.124. The van der Waals surface area contributed by atoms with Crippen molar-refractivity contribution >= 4 is 5.91 Å². The van der Waals surface area contributed by atoms with Crippen LogP contribution in [0.15, 0.2) is 42.7 Å². The molecule has 1 atom stereocenters. The second-order valence-corrected chi connectivity index (χ2v) is 6.43. The van der Waals surface area contributed by atoms with Crippen LogP contribution in [0.25, 0.3) is 0 Å². The first-order valence-electron chi connectivity index (χ1n) is 7.81. The number of benzene rings is 1. The summed E-state index contributed by atoms with van der Waals surface area (Å²) >= 11 is 0. The molecule has 0 aliphatic heterocycles. The van der Waals surface area contributed by atoms with Crippen molar-refractivity contribution in [2.24, 2.45) is 0 Å². The highest BCUT2D eigenvalue weighted by atomic mass is 16.2. The number of nitrogens with zero attached hydrogens (tertiary/aromatic N) is 1. The van der Waals surface area contributed by atoms with Crippen LogP contribution in [0.2, 0.25) is 0 Å². The Morgan fingerprint density at radius 2 is 1.73 bits per heavy atom. The third-order valence-electron chi connectivity index (χ3n) is 4.51. The fourth-order valence-electron chi connectivity index (χ4n) is 3.09. The Morgan fingerprint density at radius 3 is 2.27 bits per heavy atom. The fraction of sp³-hybridized carbons (Fsp3) is 0.368. The quantitative estimate of drug-likeness (QED) is 0.936. The van der Waals surface area contributed by atoms with Crippen LogP contribution in [0.3, 0.4) is 0 Å². The van der Waals surface area contributed by atoms with E-state index >= 15 is 0 Å². The largest absolute Gasteiger partial charge is 0.349 e. The van der Waals surface area contributed by atoms with Crippen LogP contribution in [0.5, 0.6) is 0 Å². The van der Waals surface area contributed by atoms with Gasteiger partial charge in [-0.3, -0.25) is 9.78 Å². The maximum Gasteiger partial charge on any atom is 0.231 e. The van der Waals surface area contributed by atoms with E-state index in [1.54, 1.807) is 12.4 Å². The Bertz CT molecular complexity index is 670. The van der Waals surface area contributed by atoms with Crippen LogP contribution >= 0.6 is 0 Å². The van der Waals surface area contributed by atoms with Gasteiger partial charge in [0.25, 0.3) is 0 Å². The van der Waals surface area contributed by atoms with Gasteiger partial charge in [-0.2, -0.15) is 0 Å². The number of amides is 1. The summed E-state index contributed by atoms with van der Waals surface area (Å²) in [6.45, 7) is 6.19. The Hall–Kier alpha value is -2.16. The molecule has 0 radical (unpaired) electrons. The molecule has 22 heavy (non-hydrogen) atoms. The number of hydrogen-bond acceptors (Lipinski definition) is 2. The number of aromatic nitrogens is 1. The first-order chi connectivity index (χ1) is 10.5. The van der Waals surface area contributed by atoms with Crippen molar-refractivity contribution in [1.82, 2.24) is 10.3 Å². The monoisotopic (exact) mass is 294 g/mol. The Labute approximate surface area is 131 Å². The third kappa shape index (κ3) is 2.76. The van der Waals surface area contributed by atoms with Crippen LogP contribution < -0.4 is 5.32 Å². The van der Waals surface area contributed by atoms with Gasteiger partial charge in [-0.25, -0.2) is 0 Å². The Morgan fingerprint density at radius 1 is 1.14 bits per heavy atom. The van der Waals surface area contributed by atoms with E-state index in [0.29, 0.717) is 0 Å². The van der Waals surface area contributed by atoms with Gasteiger partial charge in [0.05, 0.1) is 11.5 Å². The van der Waals surface area contributed by atoms with Crippen molar-refractivity contribution in [2.75, 3.05) is 0 Å². The SMILES string of the molecule is Cc1cc(C)cc(C2(C(=O)N[C@@H](C)c3ccncc3)CC2)c1. The zero-order valence-corrected chi connectivity index (χ0v) is 13.4. The minimum absolute atomic E-state index is 0.00104. The molecule has 1 aliphatic rings. The predicted octanol–water partition coefficient (Wildman–Crippen LogP) is 3.61. The summed E-state index contributed by atoms with van der Waals surface area (Å²) in [7, 11) is 0. The van der Waals surface area contributed by atoms with E-state index < -0.39 is 0 Å². The van der Waals surface area contributed by atoms with E-state index in [9.17, 15) is 4.79 Å². The molecule has 2 aromatic rings. The van der Waals surface area contributed by atoms with Crippen molar-refractivity contribution in [3.05, 3.63) is 65.0 Å². The number of aryl methyl sites for hydroxylation is 2. The second-order valence-electron chi connectivity index (χ2n) is 6.43. The van der Waals surface area contributed by atoms with Gasteiger partial charge in [0.2, 0.25) is 5.91 Å². The fourth-order valence-corrected chi connectivity index (χ4v) is 3.09. The summed E-state index contributed by atoms with van der Waals surface area (Å²) in [5.74, 6) is 0.141. The molecule has 1 aliphatic carbocycles. The summed E-state index contributed by atoms with van der Waals surface area (Å²) < 4.78 is 0. The number of rotatable bonds is 4. The third-order valence-corrected chi connectivity index (χ3v) is 4.51. The smallest absolute Gasteiger partial charge is 0.231 e. The molecule has 1 aromatic heterocycles. The van der Waals surface area contributed by atoms with Gasteiger partial charge in [0.15, 0.2) is 0 Å². The predicted molar refractivity (Wildman–Crippen MR) is 87.6 cm³/mol. The number of carbonyl (C=O) groups is 1. The van der Waals surface area contributed by atoms with E-state index in [2.05, 4.69) is 42.3 Å². The minimum atomic E-state index is -0.321. The van der Waals surface area contributed by atoms with Crippen LogP contribution in [0.1, 0.15) is 48.1 Å². The van der Waals surface area contributed by atoms with Gasteiger partial charge in [-0.1, -0.05) is 29.3 Å². The van der Waals surface area contributed by atoms with E-state index in [1.165, 1.54) is 11.1 Å². The van der Waals surface area contributed by atoms with Crippen molar-refractivity contribution in [3.63, 3.8) is 0 Å². The van der Waals surface area contributed by atoms with E-state index in [1.807, 2.05) is 19.1 Å². The van der Waals surface area contributed by atoms with Crippen molar-refractivity contribution in [1.29, 1.82) is 0 Å². The molecule has 0 saturated heterocycles. The molecule has 3 heteroatoms. The standard InChI is InChI=1S/C19H22N2O/c1-13-10-14(2)12-17(11-13)19(6-7-19)18(22)21-15(3)16-4-8-20-9-5-16/h4-5,8-12,15H,6-7H2,1-3H3,(H,21,22)/t15-/m0/s1. The van der Waals surface area contributed by atoms with Gasteiger partial charge < -0.3 is 5.32 Å². The van der Waals surface area contributed by atoms with E-state index in [-0.39, 0.29) is 17.4 Å². The summed E-state index contributed by atoms with van der Waals surface area (Å²) in [5, 5.41) is 3.17. The molecule has 3 rings (SSSR count). The van der Waals surface area contributed by atoms with Gasteiger partial charge in [0, 0.05) is 12.4 Å².